The Bertz CT molecular complexity index is 412. The van der Waals surface area contributed by atoms with Crippen molar-refractivity contribution in [2.75, 3.05) is 16.4 Å². The van der Waals surface area contributed by atoms with Crippen LogP contribution in [0.15, 0.2) is 29.2 Å². The number of anilines is 1. The maximum absolute atomic E-state index is 12.1. The summed E-state index contributed by atoms with van der Waals surface area (Å²) in [6, 6.07) is 6.45. The zero-order valence-electron chi connectivity index (χ0n) is 9.26. The lowest BCUT2D eigenvalue weighted by atomic mass is 10.3. The summed E-state index contributed by atoms with van der Waals surface area (Å²) < 4.78 is 36.4. The molecule has 7 heteroatoms. The van der Waals surface area contributed by atoms with Gasteiger partial charge in [-0.2, -0.15) is 13.2 Å². The minimum Gasteiger partial charge on any atom is -0.325 e. The molecule has 0 heterocycles. The average molecular weight is 342 g/mol. The molecule has 1 N–H and O–H groups in total. The van der Waals surface area contributed by atoms with Crippen LogP contribution < -0.4 is 5.32 Å². The van der Waals surface area contributed by atoms with E-state index in [0.717, 1.165) is 0 Å². The van der Waals surface area contributed by atoms with Crippen LogP contribution in [0.2, 0.25) is 0 Å². The van der Waals surface area contributed by atoms with E-state index >= 15 is 0 Å². The summed E-state index contributed by atoms with van der Waals surface area (Å²) in [7, 11) is 0. The summed E-state index contributed by atoms with van der Waals surface area (Å²) in [6.45, 7) is 0. The third kappa shape index (κ3) is 5.77. The third-order valence-corrected chi connectivity index (χ3v) is 3.41. The first-order valence-corrected chi connectivity index (χ1v) is 7.17. The first kappa shape index (κ1) is 15.4. The number of hydrogen-bond donors (Lipinski definition) is 1. The molecule has 0 bridgehead atoms. The molecule has 0 spiro atoms. The molecule has 1 aromatic carbocycles. The second-order valence-electron chi connectivity index (χ2n) is 3.39. The van der Waals surface area contributed by atoms with Gasteiger partial charge in [-0.3, -0.25) is 4.79 Å². The molecule has 2 nitrogen and oxygen atoms in total. The Hall–Kier alpha value is -0.690. The molecule has 0 radical (unpaired) electrons. The van der Waals surface area contributed by atoms with Gasteiger partial charge >= 0.3 is 6.18 Å². The lowest BCUT2D eigenvalue weighted by Gasteiger charge is -2.11. The molecular weight excluding hydrogens is 331 g/mol. The molecule has 0 aliphatic carbocycles. The van der Waals surface area contributed by atoms with Gasteiger partial charge in [0.15, 0.2) is 0 Å². The third-order valence-electron chi connectivity index (χ3n) is 1.87. The minimum absolute atomic E-state index is 0.230. The van der Waals surface area contributed by atoms with Crippen LogP contribution in [0.1, 0.15) is 6.42 Å². The lowest BCUT2D eigenvalue weighted by Crippen LogP contribution is -2.13. The highest BCUT2D eigenvalue weighted by Gasteiger charge is 2.27. The van der Waals surface area contributed by atoms with E-state index in [1.165, 1.54) is 0 Å². The number of thioether (sulfide) groups is 1. The SMILES string of the molecule is O=C(CCBr)Nc1ccccc1SCC(F)(F)F. The molecule has 18 heavy (non-hydrogen) atoms. The zero-order valence-corrected chi connectivity index (χ0v) is 11.7. The fourth-order valence-corrected chi connectivity index (χ4v) is 2.28. The summed E-state index contributed by atoms with van der Waals surface area (Å²) in [5.74, 6) is -1.20. The van der Waals surface area contributed by atoms with Crippen LogP contribution in [0, 0.1) is 0 Å². The number of rotatable bonds is 5. The monoisotopic (exact) mass is 341 g/mol. The van der Waals surface area contributed by atoms with E-state index in [1.807, 2.05) is 0 Å². The minimum atomic E-state index is -4.22. The Kier molecular flexibility index (Phi) is 6.01. The predicted molar refractivity (Wildman–Crippen MR) is 70.3 cm³/mol. The molecule has 0 aliphatic rings. The van der Waals surface area contributed by atoms with Crippen LogP contribution in [0.5, 0.6) is 0 Å². The van der Waals surface area contributed by atoms with E-state index in [1.54, 1.807) is 24.3 Å². The van der Waals surface area contributed by atoms with Gasteiger partial charge in [-0.25, -0.2) is 0 Å². The van der Waals surface area contributed by atoms with E-state index in [9.17, 15) is 18.0 Å². The standard InChI is InChI=1S/C11H11BrF3NOS/c12-6-5-10(17)16-8-3-1-2-4-9(8)18-7-11(13,14)15/h1-4H,5-7H2,(H,16,17). The molecule has 0 fully saturated rings. The number of carbonyl (C=O) groups is 1. The van der Waals surface area contributed by atoms with Crippen LogP contribution in [-0.4, -0.2) is 23.2 Å². The number of hydrogen-bond acceptors (Lipinski definition) is 2. The van der Waals surface area contributed by atoms with Gasteiger partial charge in [0.05, 0.1) is 11.4 Å². The fraction of sp³-hybridized carbons (Fsp3) is 0.364. The van der Waals surface area contributed by atoms with Crippen LogP contribution in [0.25, 0.3) is 0 Å². The van der Waals surface area contributed by atoms with Gasteiger partial charge in [0.2, 0.25) is 5.91 Å². The number of carbonyl (C=O) groups excluding carboxylic acids is 1. The Morgan fingerprint density at radius 1 is 1.33 bits per heavy atom. The van der Waals surface area contributed by atoms with Crippen molar-refractivity contribution in [3.8, 4) is 0 Å². The Morgan fingerprint density at radius 3 is 2.61 bits per heavy atom. The van der Waals surface area contributed by atoms with Crippen LogP contribution in [0.4, 0.5) is 18.9 Å². The van der Waals surface area contributed by atoms with Gasteiger partial charge in [-0.1, -0.05) is 28.1 Å². The molecule has 100 valence electrons. The highest BCUT2D eigenvalue weighted by atomic mass is 79.9. The zero-order chi connectivity index (χ0) is 13.6. The van der Waals surface area contributed by atoms with Crippen molar-refractivity contribution in [1.29, 1.82) is 0 Å². The van der Waals surface area contributed by atoms with Gasteiger partial charge in [-0.05, 0) is 12.1 Å². The van der Waals surface area contributed by atoms with Crippen molar-refractivity contribution in [2.24, 2.45) is 0 Å². The van der Waals surface area contributed by atoms with Crippen molar-refractivity contribution in [3.63, 3.8) is 0 Å². The van der Waals surface area contributed by atoms with Crippen molar-refractivity contribution >= 4 is 39.3 Å². The fourth-order valence-electron chi connectivity index (χ4n) is 1.15. The number of nitrogens with one attached hydrogen (secondary N) is 1. The predicted octanol–water partition coefficient (Wildman–Crippen LogP) is 4.06. The lowest BCUT2D eigenvalue weighted by molar-refractivity contribution is -0.115. The number of halogens is 4. The van der Waals surface area contributed by atoms with Crippen LogP contribution in [-0.2, 0) is 4.79 Å². The van der Waals surface area contributed by atoms with Crippen molar-refractivity contribution in [3.05, 3.63) is 24.3 Å². The first-order chi connectivity index (χ1) is 8.42. The van der Waals surface area contributed by atoms with E-state index in [-0.39, 0.29) is 12.3 Å². The van der Waals surface area contributed by atoms with Crippen molar-refractivity contribution in [2.45, 2.75) is 17.5 Å². The summed E-state index contributed by atoms with van der Waals surface area (Å²) in [6.07, 6.45) is -3.95. The van der Waals surface area contributed by atoms with Crippen molar-refractivity contribution < 1.29 is 18.0 Å². The van der Waals surface area contributed by atoms with E-state index < -0.39 is 11.9 Å². The summed E-state index contributed by atoms with van der Waals surface area (Å²) in [5, 5.41) is 3.10. The molecule has 0 atom stereocenters. The van der Waals surface area contributed by atoms with E-state index in [0.29, 0.717) is 27.7 Å². The molecule has 0 aromatic heterocycles. The summed E-state index contributed by atoms with van der Waals surface area (Å²) >= 11 is 3.79. The average Bonchev–Trinajstić information content (AvgIpc) is 2.27. The molecule has 0 aliphatic heterocycles. The molecule has 0 saturated carbocycles. The van der Waals surface area contributed by atoms with Gasteiger partial charge in [-0.15, -0.1) is 11.8 Å². The molecule has 1 amide bonds. The summed E-state index contributed by atoms with van der Waals surface area (Å²) in [5.41, 5.74) is 0.415. The Labute approximate surface area is 115 Å². The highest BCUT2D eigenvalue weighted by molar-refractivity contribution is 9.09. The van der Waals surface area contributed by atoms with Gasteiger partial charge in [0.25, 0.3) is 0 Å². The van der Waals surface area contributed by atoms with Crippen LogP contribution >= 0.6 is 27.7 Å². The maximum atomic E-state index is 12.1. The Morgan fingerprint density at radius 2 is 2.00 bits per heavy atom. The maximum Gasteiger partial charge on any atom is 0.398 e. The van der Waals surface area contributed by atoms with E-state index in [4.69, 9.17) is 0 Å². The molecule has 1 rings (SSSR count). The van der Waals surface area contributed by atoms with E-state index in [2.05, 4.69) is 21.2 Å². The number of alkyl halides is 4. The van der Waals surface area contributed by atoms with Gasteiger partial charge in [0, 0.05) is 16.6 Å². The van der Waals surface area contributed by atoms with Gasteiger partial charge < -0.3 is 5.32 Å². The second-order valence-corrected chi connectivity index (χ2v) is 5.20. The largest absolute Gasteiger partial charge is 0.398 e. The smallest absolute Gasteiger partial charge is 0.325 e. The topological polar surface area (TPSA) is 29.1 Å². The number of benzene rings is 1. The van der Waals surface area contributed by atoms with Gasteiger partial charge in [0.1, 0.15) is 0 Å². The molecule has 1 aromatic rings. The summed E-state index contributed by atoms with van der Waals surface area (Å²) in [4.78, 5) is 11.8. The number of para-hydroxylation sites is 1. The molecule has 0 saturated heterocycles. The molecule has 0 unspecified atom stereocenters. The highest BCUT2D eigenvalue weighted by Crippen LogP contribution is 2.32. The first-order valence-electron chi connectivity index (χ1n) is 5.07. The number of amides is 1. The van der Waals surface area contributed by atoms with Crippen LogP contribution in [0.3, 0.4) is 0 Å². The Balaban J connectivity index is 2.70. The quantitative estimate of drug-likeness (QED) is 0.646. The van der Waals surface area contributed by atoms with Crippen molar-refractivity contribution in [1.82, 2.24) is 0 Å². The second kappa shape index (κ2) is 7.04. The normalized spacial score (nSPS) is 11.3. The molecular formula is C11H11BrF3NOS.